The van der Waals surface area contributed by atoms with Gasteiger partial charge in [-0.3, -0.25) is 4.79 Å². The number of carbonyl (C=O) groups excluding carboxylic acids is 1. The summed E-state index contributed by atoms with van der Waals surface area (Å²) in [6.07, 6.45) is -0.939. The molecule has 2 aliphatic rings. The highest BCUT2D eigenvalue weighted by Crippen LogP contribution is 2.53. The summed E-state index contributed by atoms with van der Waals surface area (Å²) in [6, 6.07) is 0. The second-order valence-electron chi connectivity index (χ2n) is 5.10. The predicted octanol–water partition coefficient (Wildman–Crippen LogP) is 2.53. The molecule has 0 aromatic carbocycles. The van der Waals surface area contributed by atoms with Crippen LogP contribution in [-0.2, 0) is 9.53 Å². The van der Waals surface area contributed by atoms with Gasteiger partial charge in [0, 0.05) is 24.2 Å². The van der Waals surface area contributed by atoms with Crippen molar-refractivity contribution in [2.24, 2.45) is 23.7 Å². The van der Waals surface area contributed by atoms with Crippen LogP contribution in [0.1, 0.15) is 20.3 Å². The summed E-state index contributed by atoms with van der Waals surface area (Å²) in [5.41, 5.74) is 0. The van der Waals surface area contributed by atoms with Crippen LogP contribution in [0.5, 0.6) is 0 Å². The van der Waals surface area contributed by atoms with Crippen molar-refractivity contribution in [1.82, 2.24) is 0 Å². The number of fused-ring (bicyclic) bond motifs is 1. The SMILES string of the molecule is C=C(O)[C@@H]1[C@@H]2[C@@H](C)OC(=O)[C@@H]2CC(F)(F)[C@H]1C. The van der Waals surface area contributed by atoms with Gasteiger partial charge in [0.25, 0.3) is 5.92 Å². The van der Waals surface area contributed by atoms with Gasteiger partial charge in [0.2, 0.25) is 0 Å². The van der Waals surface area contributed by atoms with Crippen molar-refractivity contribution >= 4 is 5.97 Å². The number of cyclic esters (lactones) is 1. The molecule has 3 nitrogen and oxygen atoms in total. The zero-order chi connectivity index (χ0) is 13.0. The van der Waals surface area contributed by atoms with Crippen molar-refractivity contribution in [3.63, 3.8) is 0 Å². The smallest absolute Gasteiger partial charge is 0.309 e. The number of esters is 1. The van der Waals surface area contributed by atoms with Crippen molar-refractivity contribution in [3.05, 3.63) is 12.3 Å². The Kier molecular flexibility index (Phi) is 2.67. The van der Waals surface area contributed by atoms with Gasteiger partial charge < -0.3 is 9.84 Å². The van der Waals surface area contributed by atoms with Gasteiger partial charge in [-0.2, -0.15) is 0 Å². The van der Waals surface area contributed by atoms with Crippen LogP contribution in [0.25, 0.3) is 0 Å². The molecule has 2 fully saturated rings. The largest absolute Gasteiger partial charge is 0.513 e. The fraction of sp³-hybridized carbons (Fsp3) is 0.750. The molecule has 0 amide bonds. The van der Waals surface area contributed by atoms with Gasteiger partial charge in [0.1, 0.15) is 6.10 Å². The Morgan fingerprint density at radius 3 is 2.65 bits per heavy atom. The minimum absolute atomic E-state index is 0.281. The average Bonchev–Trinajstić information content (AvgIpc) is 2.43. The highest BCUT2D eigenvalue weighted by Gasteiger charge is 2.60. The number of aliphatic hydroxyl groups is 1. The Labute approximate surface area is 98.5 Å². The maximum Gasteiger partial charge on any atom is 0.309 e. The molecule has 17 heavy (non-hydrogen) atoms. The summed E-state index contributed by atoms with van der Waals surface area (Å²) >= 11 is 0. The maximum atomic E-state index is 13.8. The number of allylic oxidation sites excluding steroid dienone is 1. The highest BCUT2D eigenvalue weighted by atomic mass is 19.3. The van der Waals surface area contributed by atoms with Crippen molar-refractivity contribution in [1.29, 1.82) is 0 Å². The van der Waals surface area contributed by atoms with E-state index in [2.05, 4.69) is 6.58 Å². The molecule has 1 saturated carbocycles. The third-order valence-corrected chi connectivity index (χ3v) is 4.11. The Hall–Kier alpha value is -1.13. The van der Waals surface area contributed by atoms with Crippen molar-refractivity contribution < 1.29 is 23.4 Å². The lowest BCUT2D eigenvalue weighted by atomic mass is 9.64. The molecule has 1 saturated heterocycles. The molecule has 2 rings (SSSR count). The van der Waals surface area contributed by atoms with Gasteiger partial charge in [0.15, 0.2) is 0 Å². The van der Waals surface area contributed by atoms with Crippen LogP contribution in [0.3, 0.4) is 0 Å². The molecule has 5 atom stereocenters. The van der Waals surface area contributed by atoms with Gasteiger partial charge in [-0.15, -0.1) is 0 Å². The van der Waals surface area contributed by atoms with Gasteiger partial charge in [0.05, 0.1) is 11.7 Å². The van der Waals surface area contributed by atoms with Crippen LogP contribution >= 0.6 is 0 Å². The Morgan fingerprint density at radius 2 is 2.12 bits per heavy atom. The fourth-order valence-corrected chi connectivity index (χ4v) is 3.18. The summed E-state index contributed by atoms with van der Waals surface area (Å²) in [4.78, 5) is 11.5. The summed E-state index contributed by atoms with van der Waals surface area (Å²) in [5.74, 6) is -6.87. The van der Waals surface area contributed by atoms with E-state index in [0.717, 1.165) is 0 Å². The molecule has 0 unspecified atom stereocenters. The summed E-state index contributed by atoms with van der Waals surface area (Å²) in [5, 5.41) is 9.54. The van der Waals surface area contributed by atoms with Gasteiger partial charge in [-0.05, 0) is 6.92 Å². The number of halogens is 2. The molecule has 1 heterocycles. The lowest BCUT2D eigenvalue weighted by Gasteiger charge is -2.41. The van der Waals surface area contributed by atoms with E-state index < -0.39 is 48.1 Å². The molecule has 0 aromatic rings. The maximum absolute atomic E-state index is 13.8. The minimum atomic E-state index is -2.97. The summed E-state index contributed by atoms with van der Waals surface area (Å²) in [6.45, 7) is 6.43. The number of alkyl halides is 2. The minimum Gasteiger partial charge on any atom is -0.513 e. The molecular weight excluding hydrogens is 230 g/mol. The van der Waals surface area contributed by atoms with Crippen molar-refractivity contribution in [3.8, 4) is 0 Å². The van der Waals surface area contributed by atoms with E-state index in [1.54, 1.807) is 6.92 Å². The zero-order valence-electron chi connectivity index (χ0n) is 9.82. The molecule has 0 radical (unpaired) electrons. The number of hydrogen-bond donors (Lipinski definition) is 1. The molecule has 0 aromatic heterocycles. The number of rotatable bonds is 1. The second kappa shape index (κ2) is 3.68. The third-order valence-electron chi connectivity index (χ3n) is 4.11. The number of aliphatic hydroxyl groups excluding tert-OH is 1. The van der Waals surface area contributed by atoms with Crippen LogP contribution in [0.4, 0.5) is 8.78 Å². The number of ether oxygens (including phenoxy) is 1. The monoisotopic (exact) mass is 246 g/mol. The van der Waals surface area contributed by atoms with E-state index in [1.807, 2.05) is 0 Å². The quantitative estimate of drug-likeness (QED) is 0.571. The lowest BCUT2D eigenvalue weighted by molar-refractivity contribution is -0.153. The van der Waals surface area contributed by atoms with Crippen molar-refractivity contribution in [2.45, 2.75) is 32.3 Å². The van der Waals surface area contributed by atoms with Crippen LogP contribution in [0.15, 0.2) is 12.3 Å². The molecule has 5 heteroatoms. The average molecular weight is 246 g/mol. The van der Waals surface area contributed by atoms with Crippen LogP contribution < -0.4 is 0 Å². The molecule has 1 aliphatic carbocycles. The first-order valence-corrected chi connectivity index (χ1v) is 5.71. The molecular formula is C12H16F2O3. The molecule has 1 aliphatic heterocycles. The van der Waals surface area contributed by atoms with Gasteiger partial charge in [-0.1, -0.05) is 13.5 Å². The first-order valence-electron chi connectivity index (χ1n) is 5.71. The zero-order valence-corrected chi connectivity index (χ0v) is 9.82. The van der Waals surface area contributed by atoms with E-state index in [9.17, 15) is 18.7 Å². The van der Waals surface area contributed by atoms with E-state index in [0.29, 0.717) is 0 Å². The molecule has 0 spiro atoms. The molecule has 96 valence electrons. The lowest BCUT2D eigenvalue weighted by Crippen LogP contribution is -2.48. The van der Waals surface area contributed by atoms with Crippen LogP contribution in [-0.4, -0.2) is 23.1 Å². The van der Waals surface area contributed by atoms with Crippen LogP contribution in [0, 0.1) is 23.7 Å². The topological polar surface area (TPSA) is 46.5 Å². The first-order chi connectivity index (χ1) is 7.75. The number of carbonyl (C=O) groups is 1. The van der Waals surface area contributed by atoms with E-state index in [4.69, 9.17) is 4.74 Å². The predicted molar refractivity (Wildman–Crippen MR) is 56.5 cm³/mol. The van der Waals surface area contributed by atoms with E-state index in [1.165, 1.54) is 6.92 Å². The fourth-order valence-electron chi connectivity index (χ4n) is 3.18. The third kappa shape index (κ3) is 1.72. The summed E-state index contributed by atoms with van der Waals surface area (Å²) < 4.78 is 32.6. The van der Waals surface area contributed by atoms with Crippen LogP contribution in [0.2, 0.25) is 0 Å². The second-order valence-corrected chi connectivity index (χ2v) is 5.10. The highest BCUT2D eigenvalue weighted by molar-refractivity contribution is 5.75. The van der Waals surface area contributed by atoms with E-state index >= 15 is 0 Å². The molecule has 1 N–H and O–H groups in total. The van der Waals surface area contributed by atoms with Gasteiger partial charge in [-0.25, -0.2) is 8.78 Å². The summed E-state index contributed by atoms with van der Waals surface area (Å²) in [7, 11) is 0. The Morgan fingerprint density at radius 1 is 1.53 bits per heavy atom. The normalized spacial score (nSPS) is 44.0. The van der Waals surface area contributed by atoms with Crippen molar-refractivity contribution in [2.75, 3.05) is 0 Å². The van der Waals surface area contributed by atoms with E-state index in [-0.39, 0.29) is 5.76 Å². The Balaban J connectivity index is 2.40. The standard InChI is InChI=1S/C12H16F2O3/c1-5-9(6(2)15)10-7(3)17-11(16)8(10)4-12(5,13)14/h5,7-10,15H,2,4H2,1,3H3/t5-,7+,8+,9+,10+/m0/s1. The van der Waals surface area contributed by atoms with Gasteiger partial charge >= 0.3 is 5.97 Å². The molecule has 0 bridgehead atoms. The first kappa shape index (κ1) is 12.3. The number of hydrogen-bond acceptors (Lipinski definition) is 3. The Bertz CT molecular complexity index is 367.